The fourth-order valence-electron chi connectivity index (χ4n) is 1.79. The molecule has 0 fully saturated rings. The summed E-state index contributed by atoms with van der Waals surface area (Å²) in [5, 5.41) is 16.3. The number of benzene rings is 2. The van der Waals surface area contributed by atoms with Crippen molar-refractivity contribution in [1.82, 2.24) is 5.43 Å². The van der Waals surface area contributed by atoms with Crippen molar-refractivity contribution >= 4 is 29.7 Å². The summed E-state index contributed by atoms with van der Waals surface area (Å²) in [6, 6.07) is 11.2. The van der Waals surface area contributed by atoms with Gasteiger partial charge < -0.3 is 20.0 Å². The molecule has 0 aliphatic carbocycles. The number of amides is 2. The van der Waals surface area contributed by atoms with Crippen LogP contribution in [0.15, 0.2) is 53.6 Å². The lowest BCUT2D eigenvalue weighted by Crippen LogP contribution is -2.32. The maximum absolute atomic E-state index is 12.8. The predicted molar refractivity (Wildman–Crippen MR) is 87.7 cm³/mol. The van der Waals surface area contributed by atoms with Gasteiger partial charge in [-0.3, -0.25) is 9.59 Å². The van der Waals surface area contributed by atoms with E-state index in [0.29, 0.717) is 5.56 Å². The Balaban J connectivity index is 1.93. The molecule has 0 aliphatic rings. The van der Waals surface area contributed by atoms with Gasteiger partial charge >= 0.3 is 11.8 Å². The van der Waals surface area contributed by atoms with Crippen LogP contribution in [0.2, 0.25) is 0 Å². The summed E-state index contributed by atoms with van der Waals surface area (Å²) in [4.78, 5) is 33.8. The quantitative estimate of drug-likeness (QED) is 0.429. The first-order chi connectivity index (χ1) is 12.5. The second kappa shape index (κ2) is 8.92. The Morgan fingerprint density at radius 3 is 2.46 bits per heavy atom. The largest absolute Gasteiger partial charge is 0.546 e. The number of carbonyl (C=O) groups excluding carboxylic acids is 3. The number of ether oxygens (including phenoxy) is 1. The maximum Gasteiger partial charge on any atom is 0.329 e. The van der Waals surface area contributed by atoms with Crippen molar-refractivity contribution in [3.8, 4) is 5.75 Å². The summed E-state index contributed by atoms with van der Waals surface area (Å²) in [6.07, 6.45) is 1.19. The van der Waals surface area contributed by atoms with Gasteiger partial charge in [-0.1, -0.05) is 12.1 Å². The van der Waals surface area contributed by atoms with Gasteiger partial charge in [0, 0.05) is 11.3 Å². The van der Waals surface area contributed by atoms with E-state index in [1.807, 2.05) is 5.43 Å². The van der Waals surface area contributed by atoms with Gasteiger partial charge in [0.2, 0.25) is 0 Å². The van der Waals surface area contributed by atoms with Crippen LogP contribution in [0.1, 0.15) is 5.56 Å². The number of carbonyl (C=O) groups is 3. The van der Waals surface area contributed by atoms with Crippen LogP contribution >= 0.6 is 0 Å². The fraction of sp³-hybridized carbons (Fsp3) is 0.0588. The Bertz CT molecular complexity index is 837. The normalized spacial score (nSPS) is 10.3. The molecule has 0 unspecified atom stereocenters. The number of hydrogen-bond acceptors (Lipinski definition) is 6. The summed E-state index contributed by atoms with van der Waals surface area (Å²) < 4.78 is 17.8. The number of hydrogen-bond donors (Lipinski definition) is 2. The topological polar surface area (TPSA) is 120 Å². The predicted octanol–water partition coefficient (Wildman–Crippen LogP) is 0.0432. The first-order valence-electron chi connectivity index (χ1n) is 7.27. The van der Waals surface area contributed by atoms with E-state index in [4.69, 9.17) is 4.74 Å². The molecule has 0 aromatic heterocycles. The van der Waals surface area contributed by atoms with Crippen molar-refractivity contribution in [2.75, 3.05) is 11.9 Å². The van der Waals surface area contributed by atoms with Crippen molar-refractivity contribution in [2.45, 2.75) is 0 Å². The maximum atomic E-state index is 12.8. The van der Waals surface area contributed by atoms with Gasteiger partial charge in [-0.05, 0) is 36.4 Å². The lowest BCUT2D eigenvalue weighted by Gasteiger charge is -2.09. The molecule has 26 heavy (non-hydrogen) atoms. The molecular formula is C17H13FN3O5-. The van der Waals surface area contributed by atoms with Crippen molar-refractivity contribution in [1.29, 1.82) is 0 Å². The minimum Gasteiger partial charge on any atom is -0.546 e. The van der Waals surface area contributed by atoms with E-state index in [0.717, 1.165) is 12.1 Å². The van der Waals surface area contributed by atoms with E-state index in [9.17, 15) is 23.9 Å². The van der Waals surface area contributed by atoms with Crippen molar-refractivity contribution < 1.29 is 28.6 Å². The third-order valence-electron chi connectivity index (χ3n) is 2.94. The number of halogens is 1. The average molecular weight is 358 g/mol. The van der Waals surface area contributed by atoms with E-state index in [1.54, 1.807) is 18.2 Å². The number of hydrazone groups is 1. The average Bonchev–Trinajstić information content (AvgIpc) is 2.62. The highest BCUT2D eigenvalue weighted by atomic mass is 19.1. The molecule has 134 valence electrons. The molecule has 2 amide bonds. The van der Waals surface area contributed by atoms with Crippen LogP contribution in [0.25, 0.3) is 0 Å². The molecule has 8 nitrogen and oxygen atoms in total. The minimum absolute atomic E-state index is 0.213. The SMILES string of the molecule is O=C([O-])COc1ccccc1/C=N\NC(=O)C(=O)Nc1ccc(F)cc1. The van der Waals surface area contributed by atoms with Crippen LogP contribution in [0, 0.1) is 5.82 Å². The van der Waals surface area contributed by atoms with Crippen LogP contribution in [0.4, 0.5) is 10.1 Å². The molecule has 2 rings (SSSR count). The molecule has 0 heterocycles. The minimum atomic E-state index is -1.39. The first kappa shape index (κ1) is 18.6. The molecule has 0 aliphatic heterocycles. The number of anilines is 1. The Kier molecular flexibility index (Phi) is 6.38. The van der Waals surface area contributed by atoms with Gasteiger partial charge in [0.05, 0.1) is 12.2 Å². The zero-order valence-electron chi connectivity index (χ0n) is 13.3. The van der Waals surface area contributed by atoms with Crippen LogP contribution in [-0.4, -0.2) is 30.6 Å². The standard InChI is InChI=1S/C17H14FN3O5/c18-12-5-7-13(8-6-12)20-16(24)17(25)21-19-9-11-3-1-2-4-14(11)26-10-15(22)23/h1-9H,10H2,(H,20,24)(H,21,25)(H,22,23)/p-1/b19-9-. The van der Waals surface area contributed by atoms with Crippen LogP contribution in [0.5, 0.6) is 5.75 Å². The van der Waals surface area contributed by atoms with Crippen molar-refractivity contribution in [3.63, 3.8) is 0 Å². The summed E-state index contributed by atoms with van der Waals surface area (Å²) in [5.74, 6) is -3.68. The van der Waals surface area contributed by atoms with E-state index < -0.39 is 30.2 Å². The molecule has 2 aromatic rings. The van der Waals surface area contributed by atoms with E-state index in [-0.39, 0.29) is 11.4 Å². The van der Waals surface area contributed by atoms with Gasteiger partial charge in [0.15, 0.2) is 0 Å². The first-order valence-corrected chi connectivity index (χ1v) is 7.27. The zero-order chi connectivity index (χ0) is 18.9. The smallest absolute Gasteiger partial charge is 0.329 e. The summed E-state index contributed by atoms with van der Waals surface area (Å²) in [7, 11) is 0. The van der Waals surface area contributed by atoms with Crippen LogP contribution in [0.3, 0.4) is 0 Å². The number of carboxylic acids is 1. The van der Waals surface area contributed by atoms with Gasteiger partial charge in [-0.15, -0.1) is 0 Å². The summed E-state index contributed by atoms with van der Waals surface area (Å²) in [5.41, 5.74) is 2.64. The number of nitrogens with zero attached hydrogens (tertiary/aromatic N) is 1. The molecule has 0 bridgehead atoms. The second-order valence-electron chi connectivity index (χ2n) is 4.86. The van der Waals surface area contributed by atoms with Crippen molar-refractivity contribution in [3.05, 3.63) is 59.9 Å². The Hall–Kier alpha value is -3.75. The number of aliphatic carboxylic acids is 1. The van der Waals surface area contributed by atoms with Gasteiger partial charge in [-0.2, -0.15) is 5.10 Å². The van der Waals surface area contributed by atoms with Gasteiger partial charge in [-0.25, -0.2) is 9.82 Å². The lowest BCUT2D eigenvalue weighted by atomic mass is 10.2. The second-order valence-corrected chi connectivity index (χ2v) is 4.86. The van der Waals surface area contributed by atoms with Crippen LogP contribution in [-0.2, 0) is 14.4 Å². The monoisotopic (exact) mass is 358 g/mol. The molecule has 9 heteroatoms. The molecular weight excluding hydrogens is 345 g/mol. The highest BCUT2D eigenvalue weighted by Gasteiger charge is 2.12. The molecule has 0 atom stereocenters. The van der Waals surface area contributed by atoms with Crippen molar-refractivity contribution in [2.24, 2.45) is 5.10 Å². The molecule has 0 radical (unpaired) electrons. The van der Waals surface area contributed by atoms with E-state index in [1.165, 1.54) is 24.4 Å². The highest BCUT2D eigenvalue weighted by Crippen LogP contribution is 2.15. The lowest BCUT2D eigenvalue weighted by molar-refractivity contribution is -0.307. The molecule has 2 N–H and O–H groups in total. The van der Waals surface area contributed by atoms with E-state index in [2.05, 4.69) is 10.4 Å². The highest BCUT2D eigenvalue weighted by molar-refractivity contribution is 6.39. The third kappa shape index (κ3) is 5.71. The zero-order valence-corrected chi connectivity index (χ0v) is 13.3. The van der Waals surface area contributed by atoms with Crippen LogP contribution < -0.4 is 20.6 Å². The van der Waals surface area contributed by atoms with E-state index >= 15 is 0 Å². The Labute approximate surface area is 147 Å². The number of para-hydroxylation sites is 1. The number of carboxylic acid groups (broad SMARTS) is 1. The Morgan fingerprint density at radius 2 is 1.77 bits per heavy atom. The van der Waals surface area contributed by atoms with Gasteiger partial charge in [0.25, 0.3) is 0 Å². The fourth-order valence-corrected chi connectivity index (χ4v) is 1.79. The summed E-state index contributed by atoms with van der Waals surface area (Å²) in [6.45, 7) is -0.642. The number of nitrogens with one attached hydrogen (secondary N) is 2. The molecule has 2 aromatic carbocycles. The molecule has 0 saturated carbocycles. The van der Waals surface area contributed by atoms with Gasteiger partial charge in [0.1, 0.15) is 18.2 Å². The molecule has 0 spiro atoms. The third-order valence-corrected chi connectivity index (χ3v) is 2.94. The number of rotatable bonds is 6. The molecule has 0 saturated heterocycles. The summed E-state index contributed by atoms with van der Waals surface area (Å²) >= 11 is 0. The Morgan fingerprint density at radius 1 is 1.08 bits per heavy atom.